The highest BCUT2D eigenvalue weighted by atomic mass is 35.5. The summed E-state index contributed by atoms with van der Waals surface area (Å²) in [6.45, 7) is 4.29. The van der Waals surface area contributed by atoms with Gasteiger partial charge in [-0.2, -0.15) is 0 Å². The summed E-state index contributed by atoms with van der Waals surface area (Å²) in [5.41, 5.74) is 5.04. The van der Waals surface area contributed by atoms with Gasteiger partial charge in [-0.25, -0.2) is 4.98 Å². The van der Waals surface area contributed by atoms with Crippen molar-refractivity contribution in [2.45, 2.75) is 33.1 Å². The number of benzene rings is 1. The molecule has 1 aromatic carbocycles. The molecule has 0 unspecified atom stereocenters. The largest absolute Gasteiger partial charge is 0.297 e. The maximum absolute atomic E-state index is 6.29. The van der Waals surface area contributed by atoms with Gasteiger partial charge in [0, 0.05) is 16.8 Å². The van der Waals surface area contributed by atoms with Gasteiger partial charge in [0.2, 0.25) is 0 Å². The molecule has 2 aromatic heterocycles. The molecule has 1 radical (unpaired) electrons. The smallest absolute Gasteiger partial charge is 0.141 e. The first-order valence-corrected chi connectivity index (χ1v) is 8.20. The fourth-order valence-corrected chi connectivity index (χ4v) is 3.10. The molecule has 0 atom stereocenters. The molecule has 0 aliphatic carbocycles. The van der Waals surface area contributed by atoms with E-state index >= 15 is 0 Å². The van der Waals surface area contributed by atoms with Crippen LogP contribution >= 0.6 is 23.2 Å². The summed E-state index contributed by atoms with van der Waals surface area (Å²) in [7, 11) is 0. The lowest BCUT2D eigenvalue weighted by Crippen LogP contribution is -1.94. The Hall–Kier alpha value is -1.51. The molecule has 0 amide bonds. The zero-order valence-corrected chi connectivity index (χ0v) is 14.2. The Balaban J connectivity index is 2.12. The van der Waals surface area contributed by atoms with Crippen molar-refractivity contribution in [1.29, 1.82) is 0 Å². The third-order valence-electron chi connectivity index (χ3n) is 3.68. The summed E-state index contributed by atoms with van der Waals surface area (Å²) >= 11 is 12.3. The van der Waals surface area contributed by atoms with Crippen molar-refractivity contribution in [3.8, 4) is 11.3 Å². The highest BCUT2D eigenvalue weighted by Crippen LogP contribution is 2.30. The van der Waals surface area contributed by atoms with Crippen molar-refractivity contribution in [3.63, 3.8) is 0 Å². The molecular weight excluding hydrogens is 315 g/mol. The van der Waals surface area contributed by atoms with Gasteiger partial charge in [-0.3, -0.25) is 4.40 Å². The maximum atomic E-state index is 6.29. The molecule has 0 aliphatic heterocycles. The molecular formula is C18H17Cl2N2. The Labute approximate surface area is 140 Å². The van der Waals surface area contributed by atoms with E-state index in [1.54, 1.807) is 6.07 Å². The third kappa shape index (κ3) is 2.99. The van der Waals surface area contributed by atoms with Crippen LogP contribution in [0.4, 0.5) is 0 Å². The van der Waals surface area contributed by atoms with E-state index < -0.39 is 0 Å². The zero-order chi connectivity index (χ0) is 15.7. The van der Waals surface area contributed by atoms with Gasteiger partial charge < -0.3 is 0 Å². The van der Waals surface area contributed by atoms with Crippen LogP contribution in [0.5, 0.6) is 0 Å². The number of rotatable bonds is 4. The Bertz CT molecular complexity index is 821. The van der Waals surface area contributed by atoms with Gasteiger partial charge >= 0.3 is 0 Å². The summed E-state index contributed by atoms with van der Waals surface area (Å²) in [6, 6.07) is 7.66. The molecule has 3 rings (SSSR count). The van der Waals surface area contributed by atoms with Gasteiger partial charge in [-0.05, 0) is 49.1 Å². The Morgan fingerprint density at radius 2 is 2.05 bits per heavy atom. The number of aromatic nitrogens is 2. The predicted molar refractivity (Wildman–Crippen MR) is 92.8 cm³/mol. The molecule has 113 valence electrons. The molecule has 3 aromatic rings. The maximum Gasteiger partial charge on any atom is 0.141 e. The van der Waals surface area contributed by atoms with Gasteiger partial charge in [-0.1, -0.05) is 42.6 Å². The topological polar surface area (TPSA) is 17.3 Å². The number of nitrogens with zero attached hydrogens (tertiary/aromatic N) is 2. The van der Waals surface area contributed by atoms with E-state index in [-0.39, 0.29) is 0 Å². The lowest BCUT2D eigenvalue weighted by Gasteiger charge is -2.04. The molecule has 22 heavy (non-hydrogen) atoms. The zero-order valence-electron chi connectivity index (χ0n) is 12.7. The monoisotopic (exact) mass is 331 g/mol. The molecule has 2 nitrogen and oxygen atoms in total. The number of fused-ring (bicyclic) bond motifs is 1. The second kappa shape index (κ2) is 6.31. The minimum absolute atomic E-state index is 0.596. The van der Waals surface area contributed by atoms with Gasteiger partial charge in [0.1, 0.15) is 11.3 Å². The van der Waals surface area contributed by atoms with E-state index in [1.807, 2.05) is 22.7 Å². The Morgan fingerprint density at radius 3 is 2.77 bits per heavy atom. The molecule has 0 N–H and O–H groups in total. The second-order valence-corrected chi connectivity index (χ2v) is 6.38. The van der Waals surface area contributed by atoms with E-state index in [4.69, 9.17) is 28.2 Å². The van der Waals surface area contributed by atoms with Gasteiger partial charge in [0.05, 0.1) is 11.2 Å². The number of hydrogen-bond donors (Lipinski definition) is 0. The number of unbranched alkanes of at least 4 members (excludes halogenated alkanes) is 1. The first-order valence-electron chi connectivity index (χ1n) is 7.45. The number of pyridine rings is 1. The van der Waals surface area contributed by atoms with Gasteiger partial charge in [-0.15, -0.1) is 0 Å². The van der Waals surface area contributed by atoms with Crippen molar-refractivity contribution < 1.29 is 0 Å². The van der Waals surface area contributed by atoms with Gasteiger partial charge in [0.25, 0.3) is 0 Å². The third-order valence-corrected chi connectivity index (χ3v) is 4.23. The highest BCUT2D eigenvalue weighted by molar-refractivity contribution is 6.36. The summed E-state index contributed by atoms with van der Waals surface area (Å²) in [6.07, 6.45) is 8.71. The van der Waals surface area contributed by atoms with Crippen molar-refractivity contribution in [1.82, 2.24) is 9.38 Å². The fourth-order valence-electron chi connectivity index (χ4n) is 2.61. The van der Waals surface area contributed by atoms with E-state index in [9.17, 15) is 0 Å². The van der Waals surface area contributed by atoms with Crippen LogP contribution in [-0.4, -0.2) is 9.38 Å². The van der Waals surface area contributed by atoms with Crippen molar-refractivity contribution in [3.05, 3.63) is 57.8 Å². The quantitative estimate of drug-likeness (QED) is 0.594. The molecule has 0 saturated heterocycles. The van der Waals surface area contributed by atoms with Crippen LogP contribution in [0.2, 0.25) is 10.0 Å². The molecule has 0 aliphatic rings. The lowest BCUT2D eigenvalue weighted by molar-refractivity contribution is 0.793. The highest BCUT2D eigenvalue weighted by Gasteiger charge is 2.12. The first-order chi connectivity index (χ1) is 10.6. The molecule has 0 fully saturated rings. The lowest BCUT2D eigenvalue weighted by atomic mass is 10.1. The van der Waals surface area contributed by atoms with Crippen molar-refractivity contribution in [2.75, 3.05) is 0 Å². The van der Waals surface area contributed by atoms with E-state index in [2.05, 4.69) is 26.1 Å². The minimum atomic E-state index is 0.596. The molecule has 0 saturated carbocycles. The Kier molecular flexibility index (Phi) is 4.42. The second-order valence-electron chi connectivity index (χ2n) is 5.54. The standard InChI is InChI=1S/C18H17Cl2N2/c1-3-4-5-13-8-12(2)10-22-11-17(21-18(13)22)15-7-6-14(19)9-16(15)20/h6-10H,3-5H2,1-2H3. The number of imidazole rings is 1. The summed E-state index contributed by atoms with van der Waals surface area (Å²) in [4.78, 5) is 4.75. The number of hydrogen-bond acceptors (Lipinski definition) is 1. The van der Waals surface area contributed by atoms with Crippen LogP contribution in [0, 0.1) is 13.1 Å². The van der Waals surface area contributed by atoms with Crippen LogP contribution < -0.4 is 0 Å². The molecule has 2 heterocycles. The number of halogens is 2. The summed E-state index contributed by atoms with van der Waals surface area (Å²) in [5.74, 6) is 0. The van der Waals surface area contributed by atoms with Crippen molar-refractivity contribution >= 4 is 28.8 Å². The average Bonchev–Trinajstić information content (AvgIpc) is 2.88. The van der Waals surface area contributed by atoms with Crippen LogP contribution in [0.15, 0.2) is 30.5 Å². The minimum Gasteiger partial charge on any atom is -0.297 e. The molecule has 4 heteroatoms. The first kappa shape index (κ1) is 15.4. The summed E-state index contributed by atoms with van der Waals surface area (Å²) in [5, 5.41) is 1.22. The van der Waals surface area contributed by atoms with Gasteiger partial charge in [0.15, 0.2) is 0 Å². The predicted octanol–water partition coefficient (Wildman–Crippen LogP) is 5.76. The normalized spacial score (nSPS) is 11.3. The Morgan fingerprint density at radius 1 is 1.23 bits per heavy atom. The van der Waals surface area contributed by atoms with Crippen LogP contribution in [0.3, 0.4) is 0 Å². The van der Waals surface area contributed by atoms with E-state index in [0.717, 1.165) is 29.7 Å². The summed E-state index contributed by atoms with van der Waals surface area (Å²) < 4.78 is 1.97. The number of aryl methyl sites for hydroxylation is 2. The SMILES string of the molecule is CCCCc1cc(C)cn2[c]c(-c3ccc(Cl)cc3Cl)nc12. The fraction of sp³-hybridized carbons (Fsp3) is 0.278. The van der Waals surface area contributed by atoms with E-state index in [1.165, 1.54) is 17.5 Å². The molecule has 0 spiro atoms. The van der Waals surface area contributed by atoms with Crippen LogP contribution in [-0.2, 0) is 6.42 Å². The van der Waals surface area contributed by atoms with Crippen molar-refractivity contribution in [2.24, 2.45) is 0 Å². The molecule has 0 bridgehead atoms. The average molecular weight is 332 g/mol. The van der Waals surface area contributed by atoms with Crippen LogP contribution in [0.1, 0.15) is 30.9 Å². The van der Waals surface area contributed by atoms with E-state index in [0.29, 0.717) is 10.0 Å². The van der Waals surface area contributed by atoms with Crippen LogP contribution in [0.25, 0.3) is 16.9 Å².